The fraction of sp³-hybridized carbons (Fsp3) is 0.273. The van der Waals surface area contributed by atoms with Crippen molar-refractivity contribution in [1.82, 2.24) is 4.98 Å². The molecule has 0 bridgehead atoms. The van der Waals surface area contributed by atoms with E-state index in [0.717, 1.165) is 6.42 Å². The van der Waals surface area contributed by atoms with E-state index < -0.39 is 0 Å². The van der Waals surface area contributed by atoms with E-state index in [-0.39, 0.29) is 6.04 Å². The molecule has 1 atom stereocenters. The summed E-state index contributed by atoms with van der Waals surface area (Å²) >= 11 is 0. The van der Waals surface area contributed by atoms with Gasteiger partial charge in [0.25, 0.3) is 0 Å². The van der Waals surface area contributed by atoms with Crippen LogP contribution in [0.5, 0.6) is 0 Å². The molecule has 0 aliphatic rings. The van der Waals surface area contributed by atoms with Gasteiger partial charge < -0.3 is 5.32 Å². The molecule has 0 spiro atoms. The van der Waals surface area contributed by atoms with Crippen molar-refractivity contribution in [3.8, 4) is 18.4 Å². The zero-order valence-electron chi connectivity index (χ0n) is 7.99. The molecule has 3 heteroatoms. The van der Waals surface area contributed by atoms with Crippen LogP contribution < -0.4 is 5.32 Å². The fourth-order valence-corrected chi connectivity index (χ4v) is 1.02. The molecule has 1 rings (SSSR count). The topological polar surface area (TPSA) is 48.7 Å². The molecular formula is C11H11N3. The average Bonchev–Trinajstić information content (AvgIpc) is 2.26. The first-order valence-corrected chi connectivity index (χ1v) is 4.39. The third-order valence-electron chi connectivity index (χ3n) is 1.82. The largest absolute Gasteiger partial charge is 0.356 e. The lowest BCUT2D eigenvalue weighted by Gasteiger charge is -2.10. The van der Waals surface area contributed by atoms with E-state index in [0.29, 0.717) is 11.4 Å². The molecule has 0 aliphatic carbocycles. The second-order valence-electron chi connectivity index (χ2n) is 2.81. The summed E-state index contributed by atoms with van der Waals surface area (Å²) in [6.45, 7) is 1.99. The van der Waals surface area contributed by atoms with Crippen molar-refractivity contribution in [1.29, 1.82) is 5.26 Å². The Morgan fingerprint density at radius 2 is 2.50 bits per heavy atom. The number of hydrogen-bond acceptors (Lipinski definition) is 3. The van der Waals surface area contributed by atoms with Gasteiger partial charge in [-0.1, -0.05) is 12.8 Å². The number of rotatable bonds is 3. The van der Waals surface area contributed by atoms with Gasteiger partial charge in [0, 0.05) is 6.20 Å². The summed E-state index contributed by atoms with van der Waals surface area (Å²) in [4.78, 5) is 4.07. The summed E-state index contributed by atoms with van der Waals surface area (Å²) in [6, 6.07) is 5.35. The van der Waals surface area contributed by atoms with Crippen molar-refractivity contribution in [2.75, 3.05) is 5.32 Å². The lowest BCUT2D eigenvalue weighted by atomic mass is 10.2. The standard InChI is InChI=1S/C11H11N3/c1-3-10(4-2)14-11-7-9(8-12)5-6-13-11/h1,5-7,10H,4H2,2H3,(H,13,14). The zero-order valence-corrected chi connectivity index (χ0v) is 7.99. The minimum absolute atomic E-state index is 0.0311. The second kappa shape index (κ2) is 4.89. The lowest BCUT2D eigenvalue weighted by molar-refractivity contribution is 0.851. The predicted molar refractivity (Wildman–Crippen MR) is 55.5 cm³/mol. The smallest absolute Gasteiger partial charge is 0.128 e. The maximum absolute atomic E-state index is 8.66. The number of pyridine rings is 1. The molecule has 0 aromatic carbocycles. The van der Waals surface area contributed by atoms with Crippen LogP contribution in [0.15, 0.2) is 18.3 Å². The molecule has 70 valence electrons. The first kappa shape index (κ1) is 10.1. The Hall–Kier alpha value is -2.00. The highest BCUT2D eigenvalue weighted by Crippen LogP contribution is 2.07. The molecule has 1 N–H and O–H groups in total. The summed E-state index contributed by atoms with van der Waals surface area (Å²) in [7, 11) is 0. The van der Waals surface area contributed by atoms with E-state index in [9.17, 15) is 0 Å². The number of nitrogens with one attached hydrogen (secondary N) is 1. The van der Waals surface area contributed by atoms with Crippen LogP contribution in [0.1, 0.15) is 18.9 Å². The van der Waals surface area contributed by atoms with Gasteiger partial charge >= 0.3 is 0 Å². The molecule has 0 saturated carbocycles. The normalized spacial score (nSPS) is 11.1. The average molecular weight is 185 g/mol. The van der Waals surface area contributed by atoms with Crippen LogP contribution >= 0.6 is 0 Å². The Morgan fingerprint density at radius 3 is 3.07 bits per heavy atom. The first-order valence-electron chi connectivity index (χ1n) is 4.39. The number of hydrogen-bond donors (Lipinski definition) is 1. The van der Waals surface area contributed by atoms with Crippen molar-refractivity contribution in [2.45, 2.75) is 19.4 Å². The lowest BCUT2D eigenvalue weighted by Crippen LogP contribution is -2.16. The Balaban J connectivity index is 2.78. The summed E-state index contributed by atoms with van der Waals surface area (Å²) in [5.74, 6) is 3.25. The Morgan fingerprint density at radius 1 is 1.71 bits per heavy atom. The van der Waals surface area contributed by atoms with Gasteiger partial charge in [0.1, 0.15) is 5.82 Å². The SMILES string of the molecule is C#CC(CC)Nc1cc(C#N)ccn1. The maximum atomic E-state index is 8.66. The highest BCUT2D eigenvalue weighted by molar-refractivity contribution is 5.44. The minimum atomic E-state index is -0.0311. The van der Waals surface area contributed by atoms with Crippen molar-refractivity contribution >= 4 is 5.82 Å². The van der Waals surface area contributed by atoms with Crippen LogP contribution in [-0.2, 0) is 0 Å². The summed E-state index contributed by atoms with van der Waals surface area (Å²) in [5, 5.41) is 11.7. The van der Waals surface area contributed by atoms with Gasteiger partial charge in [-0.2, -0.15) is 5.26 Å². The third kappa shape index (κ3) is 2.50. The van der Waals surface area contributed by atoms with E-state index in [1.54, 1.807) is 18.3 Å². The van der Waals surface area contributed by atoms with Crippen molar-refractivity contribution in [2.24, 2.45) is 0 Å². The van der Waals surface area contributed by atoms with Gasteiger partial charge in [-0.15, -0.1) is 6.42 Å². The molecule has 14 heavy (non-hydrogen) atoms. The van der Waals surface area contributed by atoms with Crippen LogP contribution in [0, 0.1) is 23.7 Å². The number of terminal acetylenes is 1. The molecule has 0 radical (unpaired) electrons. The van der Waals surface area contributed by atoms with E-state index in [1.165, 1.54) is 0 Å². The molecule has 1 heterocycles. The monoisotopic (exact) mass is 185 g/mol. The molecule has 1 unspecified atom stereocenters. The molecule has 0 aliphatic heterocycles. The van der Waals surface area contributed by atoms with Crippen molar-refractivity contribution in [3.63, 3.8) is 0 Å². The summed E-state index contributed by atoms with van der Waals surface area (Å²) in [5.41, 5.74) is 0.578. The molecule has 1 aromatic rings. The van der Waals surface area contributed by atoms with Gasteiger partial charge in [-0.25, -0.2) is 4.98 Å². The number of nitriles is 1. The van der Waals surface area contributed by atoms with Crippen molar-refractivity contribution < 1.29 is 0 Å². The van der Waals surface area contributed by atoms with Gasteiger partial charge in [0.15, 0.2) is 0 Å². The molecule has 0 fully saturated rings. The number of aromatic nitrogens is 1. The highest BCUT2D eigenvalue weighted by atomic mass is 15.0. The van der Waals surface area contributed by atoms with Crippen LogP contribution in [0.3, 0.4) is 0 Å². The van der Waals surface area contributed by atoms with E-state index in [1.807, 2.05) is 13.0 Å². The quantitative estimate of drug-likeness (QED) is 0.730. The zero-order chi connectivity index (χ0) is 10.4. The van der Waals surface area contributed by atoms with Gasteiger partial charge in [-0.05, 0) is 18.6 Å². The van der Waals surface area contributed by atoms with E-state index in [2.05, 4.69) is 16.2 Å². The maximum Gasteiger partial charge on any atom is 0.128 e. The van der Waals surface area contributed by atoms with Crippen LogP contribution in [0.2, 0.25) is 0 Å². The fourth-order valence-electron chi connectivity index (χ4n) is 1.02. The Bertz CT molecular complexity index is 384. The molecular weight excluding hydrogens is 174 g/mol. The number of nitrogens with zero attached hydrogens (tertiary/aromatic N) is 2. The molecule has 3 nitrogen and oxygen atoms in total. The second-order valence-corrected chi connectivity index (χ2v) is 2.81. The molecule has 0 saturated heterocycles. The minimum Gasteiger partial charge on any atom is -0.356 e. The van der Waals surface area contributed by atoms with Crippen LogP contribution in [0.4, 0.5) is 5.82 Å². The van der Waals surface area contributed by atoms with E-state index >= 15 is 0 Å². The van der Waals surface area contributed by atoms with E-state index in [4.69, 9.17) is 11.7 Å². The Labute approximate surface area is 83.8 Å². The highest BCUT2D eigenvalue weighted by Gasteiger charge is 2.02. The van der Waals surface area contributed by atoms with Gasteiger partial charge in [0.05, 0.1) is 17.7 Å². The van der Waals surface area contributed by atoms with Gasteiger partial charge in [0.2, 0.25) is 0 Å². The van der Waals surface area contributed by atoms with Gasteiger partial charge in [-0.3, -0.25) is 0 Å². The van der Waals surface area contributed by atoms with Crippen LogP contribution in [-0.4, -0.2) is 11.0 Å². The van der Waals surface area contributed by atoms with Crippen molar-refractivity contribution in [3.05, 3.63) is 23.9 Å². The molecule has 0 amide bonds. The predicted octanol–water partition coefficient (Wildman–Crippen LogP) is 1.78. The summed E-state index contributed by atoms with van der Waals surface area (Å²) in [6.07, 6.45) is 7.71. The first-order chi connectivity index (χ1) is 6.80. The Kier molecular flexibility index (Phi) is 3.52. The third-order valence-corrected chi connectivity index (χ3v) is 1.82. The van der Waals surface area contributed by atoms with Crippen LogP contribution in [0.25, 0.3) is 0 Å². The summed E-state index contributed by atoms with van der Waals surface area (Å²) < 4.78 is 0. The number of anilines is 1. The molecule has 1 aromatic heterocycles.